The molecule has 1 heterocycles. The molecule has 2 rings (SSSR count). The number of carbonyl (C=O) groups excluding carboxylic acids is 2. The Morgan fingerprint density at radius 3 is 2.33 bits per heavy atom. The van der Waals surface area contributed by atoms with E-state index in [0.29, 0.717) is 0 Å². The Kier molecular flexibility index (Phi) is 4.11. The van der Waals surface area contributed by atoms with Crippen molar-refractivity contribution in [2.24, 2.45) is 0 Å². The lowest BCUT2D eigenvalue weighted by molar-refractivity contribution is -0.134. The number of benzene rings is 1. The molecule has 114 valence electrons. The second-order valence-electron chi connectivity index (χ2n) is 5.00. The molecule has 1 unspecified atom stereocenters. The molecule has 0 radical (unpaired) electrons. The van der Waals surface area contributed by atoms with E-state index in [9.17, 15) is 22.4 Å². The quantitative estimate of drug-likeness (QED) is 0.796. The molecule has 0 spiro atoms. The average molecular weight is 314 g/mol. The summed E-state index contributed by atoms with van der Waals surface area (Å²) in [6.45, 7) is 2.93. The summed E-state index contributed by atoms with van der Waals surface area (Å²) >= 11 is 0. The van der Waals surface area contributed by atoms with Gasteiger partial charge in [0.05, 0.1) is 4.90 Å². The van der Waals surface area contributed by atoms with Gasteiger partial charge in [-0.1, -0.05) is 0 Å². The number of nitrogens with one attached hydrogen (secondary N) is 2. The average Bonchev–Trinajstić information content (AvgIpc) is 2.38. The zero-order valence-electron chi connectivity index (χ0n) is 11.6. The van der Waals surface area contributed by atoms with Gasteiger partial charge in [-0.05, 0) is 43.5 Å². The molecule has 0 saturated carbocycles. The highest BCUT2D eigenvalue weighted by molar-refractivity contribution is 7.89. The maximum absolute atomic E-state index is 13.5. The normalized spacial score (nSPS) is 19.5. The minimum Gasteiger partial charge on any atom is -0.295 e. The minimum atomic E-state index is -3.96. The fraction of sp³-hybridized carbons (Fsp3) is 0.385. The molecule has 1 aliphatic rings. The van der Waals surface area contributed by atoms with Crippen LogP contribution < -0.4 is 10.0 Å². The second kappa shape index (κ2) is 5.53. The molecule has 0 bridgehead atoms. The van der Waals surface area contributed by atoms with Crippen molar-refractivity contribution in [3.63, 3.8) is 0 Å². The SMILES string of the molecule is Cc1cc(S(=O)(=O)NC2CCC(=O)NC2=O)cc(C)c1F. The first-order valence-corrected chi connectivity index (χ1v) is 7.82. The Morgan fingerprint density at radius 1 is 1.24 bits per heavy atom. The summed E-state index contributed by atoms with van der Waals surface area (Å²) in [6.07, 6.45) is 0.170. The van der Waals surface area contributed by atoms with Crippen molar-refractivity contribution < 1.29 is 22.4 Å². The number of imide groups is 1. The van der Waals surface area contributed by atoms with Crippen LogP contribution in [-0.2, 0) is 19.6 Å². The molecule has 8 heteroatoms. The minimum absolute atomic E-state index is 0.0698. The van der Waals surface area contributed by atoms with Gasteiger partial charge in [0.1, 0.15) is 11.9 Å². The Labute approximate surface area is 121 Å². The number of hydrogen-bond donors (Lipinski definition) is 2. The van der Waals surface area contributed by atoms with Crippen LogP contribution in [0, 0.1) is 19.7 Å². The maximum Gasteiger partial charge on any atom is 0.244 e. The lowest BCUT2D eigenvalue weighted by atomic mass is 10.1. The largest absolute Gasteiger partial charge is 0.295 e. The first-order chi connectivity index (χ1) is 9.70. The van der Waals surface area contributed by atoms with Gasteiger partial charge in [-0.2, -0.15) is 4.72 Å². The highest BCUT2D eigenvalue weighted by Crippen LogP contribution is 2.19. The summed E-state index contributed by atoms with van der Waals surface area (Å²) in [5.74, 6) is -1.57. The zero-order valence-corrected chi connectivity index (χ0v) is 12.4. The predicted octanol–water partition coefficient (Wildman–Crippen LogP) is 0.526. The summed E-state index contributed by atoms with van der Waals surface area (Å²) in [4.78, 5) is 22.5. The number of hydrogen-bond acceptors (Lipinski definition) is 4. The molecular weight excluding hydrogens is 299 g/mol. The van der Waals surface area contributed by atoms with Crippen LogP contribution in [0.4, 0.5) is 4.39 Å². The van der Waals surface area contributed by atoms with E-state index in [1.54, 1.807) is 0 Å². The molecule has 21 heavy (non-hydrogen) atoms. The monoisotopic (exact) mass is 314 g/mol. The Bertz CT molecular complexity index is 692. The smallest absolute Gasteiger partial charge is 0.244 e. The van der Waals surface area contributed by atoms with E-state index in [1.165, 1.54) is 26.0 Å². The fourth-order valence-corrected chi connectivity index (χ4v) is 3.52. The van der Waals surface area contributed by atoms with Crippen molar-refractivity contribution in [1.82, 2.24) is 10.0 Å². The zero-order chi connectivity index (χ0) is 15.8. The first kappa shape index (κ1) is 15.6. The van der Waals surface area contributed by atoms with Crippen molar-refractivity contribution in [2.75, 3.05) is 0 Å². The highest BCUT2D eigenvalue weighted by Gasteiger charge is 2.31. The molecule has 2 N–H and O–H groups in total. The van der Waals surface area contributed by atoms with Crippen molar-refractivity contribution >= 4 is 21.8 Å². The van der Waals surface area contributed by atoms with Gasteiger partial charge >= 0.3 is 0 Å². The van der Waals surface area contributed by atoms with Gasteiger partial charge in [-0.3, -0.25) is 14.9 Å². The van der Waals surface area contributed by atoms with Gasteiger partial charge in [0.2, 0.25) is 21.8 Å². The van der Waals surface area contributed by atoms with Gasteiger partial charge in [0, 0.05) is 6.42 Å². The number of sulfonamides is 1. The number of rotatable bonds is 3. The van der Waals surface area contributed by atoms with Crippen molar-refractivity contribution in [3.05, 3.63) is 29.1 Å². The van der Waals surface area contributed by atoms with Crippen LogP contribution in [-0.4, -0.2) is 26.3 Å². The topological polar surface area (TPSA) is 92.3 Å². The number of amides is 2. The van der Waals surface area contributed by atoms with Crippen LogP contribution in [0.1, 0.15) is 24.0 Å². The van der Waals surface area contributed by atoms with Crippen LogP contribution in [0.25, 0.3) is 0 Å². The van der Waals surface area contributed by atoms with E-state index in [1.807, 2.05) is 0 Å². The summed E-state index contributed by atoms with van der Waals surface area (Å²) in [5, 5.41) is 2.07. The maximum atomic E-state index is 13.5. The number of halogens is 1. The third-order valence-corrected chi connectivity index (χ3v) is 4.71. The highest BCUT2D eigenvalue weighted by atomic mass is 32.2. The standard InChI is InChI=1S/C13H15FN2O4S/c1-7-5-9(6-8(2)12(7)14)21(19,20)16-10-3-4-11(17)15-13(10)18/h5-6,10,16H,3-4H2,1-2H3,(H,15,17,18). The predicted molar refractivity (Wildman–Crippen MR) is 72.4 cm³/mol. The van der Waals surface area contributed by atoms with Crippen LogP contribution in [0.2, 0.25) is 0 Å². The summed E-state index contributed by atoms with van der Waals surface area (Å²) in [6, 6.07) is 1.41. The molecule has 1 aliphatic heterocycles. The van der Waals surface area contributed by atoms with E-state index < -0.39 is 33.7 Å². The number of aryl methyl sites for hydroxylation is 2. The number of carbonyl (C=O) groups is 2. The van der Waals surface area contributed by atoms with Crippen molar-refractivity contribution in [1.29, 1.82) is 0 Å². The van der Waals surface area contributed by atoms with E-state index in [0.717, 1.165) is 0 Å². The van der Waals surface area contributed by atoms with Gasteiger partial charge < -0.3 is 0 Å². The second-order valence-corrected chi connectivity index (χ2v) is 6.71. The van der Waals surface area contributed by atoms with Crippen LogP contribution in [0.15, 0.2) is 17.0 Å². The number of piperidine rings is 1. The van der Waals surface area contributed by atoms with Crippen LogP contribution >= 0.6 is 0 Å². The Morgan fingerprint density at radius 2 is 1.81 bits per heavy atom. The van der Waals surface area contributed by atoms with Gasteiger partial charge in [0.25, 0.3) is 0 Å². The Balaban J connectivity index is 2.27. The lowest BCUT2D eigenvalue weighted by Gasteiger charge is -2.22. The lowest BCUT2D eigenvalue weighted by Crippen LogP contribution is -2.52. The molecule has 1 fully saturated rings. The van der Waals surface area contributed by atoms with E-state index in [2.05, 4.69) is 10.0 Å². The summed E-state index contributed by atoms with van der Waals surface area (Å²) in [7, 11) is -3.96. The molecule has 1 atom stereocenters. The molecule has 2 amide bonds. The molecule has 0 aromatic heterocycles. The molecule has 1 saturated heterocycles. The van der Waals surface area contributed by atoms with Gasteiger partial charge in [0.15, 0.2) is 0 Å². The summed E-state index contributed by atoms with van der Waals surface area (Å²) < 4.78 is 40.3. The van der Waals surface area contributed by atoms with Crippen LogP contribution in [0.5, 0.6) is 0 Å². The van der Waals surface area contributed by atoms with E-state index >= 15 is 0 Å². The molecule has 1 aromatic rings. The van der Waals surface area contributed by atoms with Gasteiger partial charge in [-0.25, -0.2) is 12.8 Å². The molecular formula is C13H15FN2O4S. The molecule has 6 nitrogen and oxygen atoms in total. The van der Waals surface area contributed by atoms with Gasteiger partial charge in [-0.15, -0.1) is 0 Å². The molecule has 1 aromatic carbocycles. The van der Waals surface area contributed by atoms with E-state index in [4.69, 9.17) is 0 Å². The van der Waals surface area contributed by atoms with Crippen molar-refractivity contribution in [3.8, 4) is 0 Å². The third-order valence-electron chi connectivity index (χ3n) is 3.26. The van der Waals surface area contributed by atoms with E-state index in [-0.39, 0.29) is 28.9 Å². The first-order valence-electron chi connectivity index (χ1n) is 6.33. The summed E-state index contributed by atoms with van der Waals surface area (Å²) in [5.41, 5.74) is 0.414. The molecule has 0 aliphatic carbocycles. The Hall–Kier alpha value is -1.80. The fourth-order valence-electron chi connectivity index (χ4n) is 2.12. The van der Waals surface area contributed by atoms with Crippen LogP contribution in [0.3, 0.4) is 0 Å². The third kappa shape index (κ3) is 3.27. The van der Waals surface area contributed by atoms with Crippen molar-refractivity contribution in [2.45, 2.75) is 37.6 Å².